The molecule has 4 atom stereocenters. The molecule has 0 bridgehead atoms. The highest BCUT2D eigenvalue weighted by atomic mass is 19.1. The lowest BCUT2D eigenvalue weighted by molar-refractivity contribution is -0.193. The van der Waals surface area contributed by atoms with Gasteiger partial charge in [-0.05, 0) is 18.1 Å². The quantitative estimate of drug-likeness (QED) is 0.294. The van der Waals surface area contributed by atoms with E-state index in [-0.39, 0.29) is 19.8 Å². The number of halogens is 1. The van der Waals surface area contributed by atoms with E-state index < -0.39 is 53.4 Å². The van der Waals surface area contributed by atoms with E-state index >= 15 is 4.39 Å². The van der Waals surface area contributed by atoms with Crippen molar-refractivity contribution in [2.75, 3.05) is 20.4 Å². The van der Waals surface area contributed by atoms with E-state index in [1.165, 1.54) is 6.92 Å². The van der Waals surface area contributed by atoms with Crippen molar-refractivity contribution in [2.24, 2.45) is 0 Å². The molecule has 2 heterocycles. The second kappa shape index (κ2) is 12.4. The van der Waals surface area contributed by atoms with E-state index in [0.29, 0.717) is 5.56 Å². The maximum Gasteiger partial charge on any atom is 0.418 e. The van der Waals surface area contributed by atoms with Crippen LogP contribution in [0.3, 0.4) is 0 Å². The highest BCUT2D eigenvalue weighted by Crippen LogP contribution is 2.48. The predicted molar refractivity (Wildman–Crippen MR) is 138 cm³/mol. The average molecular weight is 557 g/mol. The molecular formula is C28H29FN2O9. The third-order valence-electron chi connectivity index (χ3n) is 6.55. The molecule has 40 heavy (non-hydrogen) atoms. The highest BCUT2D eigenvalue weighted by molar-refractivity contribution is 6.29. The Kier molecular flexibility index (Phi) is 8.93. The standard InChI is InChI=1S/C28H29FN2O9/c1-27(39-23(34)22(33)36-2)24(38-16-20-11-7-4-8-12-20)28(17-29,18-37-15-19-9-5-3-6-10-19)40-25(27)31-14-13-21(32)30-26(31)35/h3-14,24-25H,15-18H2,1-2H3,(H,30,32,35)/t24-,25+,27-,28+/m0/s1. The van der Waals surface area contributed by atoms with Crippen molar-refractivity contribution in [1.29, 1.82) is 0 Å². The van der Waals surface area contributed by atoms with Crippen molar-refractivity contribution in [2.45, 2.75) is 43.7 Å². The first-order valence-corrected chi connectivity index (χ1v) is 12.4. The summed E-state index contributed by atoms with van der Waals surface area (Å²) in [7, 11) is 0.994. The lowest BCUT2D eigenvalue weighted by Crippen LogP contribution is -2.57. The fourth-order valence-electron chi connectivity index (χ4n) is 4.66. The summed E-state index contributed by atoms with van der Waals surface area (Å²) < 4.78 is 44.4. The molecule has 1 aliphatic heterocycles. The zero-order chi connectivity index (χ0) is 28.8. The molecule has 0 spiro atoms. The van der Waals surface area contributed by atoms with Crippen molar-refractivity contribution in [3.05, 3.63) is 105 Å². The van der Waals surface area contributed by atoms with Crippen LogP contribution in [0.2, 0.25) is 0 Å². The Morgan fingerprint density at radius 1 is 0.975 bits per heavy atom. The van der Waals surface area contributed by atoms with E-state index in [0.717, 1.165) is 29.5 Å². The normalized spacial score (nSPS) is 24.0. The number of alkyl halides is 1. The van der Waals surface area contributed by atoms with Gasteiger partial charge in [-0.1, -0.05) is 60.7 Å². The largest absolute Gasteiger partial charge is 0.461 e. The number of nitrogens with zero attached hydrogens (tertiary/aromatic N) is 1. The number of H-pyrrole nitrogens is 1. The Bertz CT molecular complexity index is 1430. The van der Waals surface area contributed by atoms with E-state index in [4.69, 9.17) is 18.9 Å². The van der Waals surface area contributed by atoms with Gasteiger partial charge in [-0.25, -0.2) is 18.8 Å². The van der Waals surface area contributed by atoms with Crippen LogP contribution in [0, 0.1) is 0 Å². The third-order valence-corrected chi connectivity index (χ3v) is 6.55. The van der Waals surface area contributed by atoms with Gasteiger partial charge in [0.2, 0.25) is 0 Å². The summed E-state index contributed by atoms with van der Waals surface area (Å²) in [5, 5.41) is 0. The first-order valence-electron chi connectivity index (χ1n) is 12.4. The summed E-state index contributed by atoms with van der Waals surface area (Å²) in [6, 6.07) is 19.1. The minimum absolute atomic E-state index is 0.0616. The average Bonchev–Trinajstić information content (AvgIpc) is 3.19. The van der Waals surface area contributed by atoms with Crippen molar-refractivity contribution in [1.82, 2.24) is 9.55 Å². The number of hydrogen-bond donors (Lipinski definition) is 1. The van der Waals surface area contributed by atoms with E-state index in [1.54, 1.807) is 24.3 Å². The molecule has 12 heteroatoms. The molecule has 0 aliphatic carbocycles. The lowest BCUT2D eigenvalue weighted by Gasteiger charge is -2.37. The van der Waals surface area contributed by atoms with Gasteiger partial charge in [-0.3, -0.25) is 14.3 Å². The molecule has 4 rings (SSSR count). The number of rotatable bonds is 10. The summed E-state index contributed by atoms with van der Waals surface area (Å²) in [6.45, 7) is -0.174. The number of carbonyl (C=O) groups is 2. The van der Waals surface area contributed by atoms with Gasteiger partial charge in [-0.15, -0.1) is 0 Å². The van der Waals surface area contributed by atoms with Crippen LogP contribution in [0.15, 0.2) is 82.5 Å². The second-order valence-electron chi connectivity index (χ2n) is 9.41. The monoisotopic (exact) mass is 556 g/mol. The summed E-state index contributed by atoms with van der Waals surface area (Å²) >= 11 is 0. The smallest absolute Gasteiger partial charge is 0.418 e. The number of nitrogens with one attached hydrogen (secondary N) is 1. The summed E-state index contributed by atoms with van der Waals surface area (Å²) in [6.07, 6.45) is -1.83. The summed E-state index contributed by atoms with van der Waals surface area (Å²) in [5.74, 6) is -2.74. The minimum Gasteiger partial charge on any atom is -0.461 e. The molecule has 1 N–H and O–H groups in total. The Hall–Kier alpha value is -4.13. The number of hydrogen-bond acceptors (Lipinski definition) is 9. The second-order valence-corrected chi connectivity index (χ2v) is 9.41. The van der Waals surface area contributed by atoms with Crippen LogP contribution >= 0.6 is 0 Å². The van der Waals surface area contributed by atoms with Gasteiger partial charge in [0, 0.05) is 12.3 Å². The van der Waals surface area contributed by atoms with Crippen molar-refractivity contribution in [3.63, 3.8) is 0 Å². The number of aromatic nitrogens is 2. The van der Waals surface area contributed by atoms with Gasteiger partial charge in [0.05, 0.1) is 26.9 Å². The molecule has 212 valence electrons. The molecule has 0 saturated carbocycles. The number of aromatic amines is 1. The zero-order valence-corrected chi connectivity index (χ0v) is 21.9. The molecule has 0 amide bonds. The molecule has 11 nitrogen and oxygen atoms in total. The number of ether oxygens (including phenoxy) is 5. The van der Waals surface area contributed by atoms with Crippen molar-refractivity contribution < 1.29 is 37.7 Å². The van der Waals surface area contributed by atoms with Crippen LogP contribution in [0.5, 0.6) is 0 Å². The lowest BCUT2D eigenvalue weighted by atomic mass is 9.87. The highest BCUT2D eigenvalue weighted by Gasteiger charge is 2.67. The molecule has 2 aromatic carbocycles. The Labute approximate surface area is 228 Å². The van der Waals surface area contributed by atoms with Crippen LogP contribution < -0.4 is 11.2 Å². The molecule has 1 fully saturated rings. The maximum absolute atomic E-state index is 15.2. The maximum atomic E-state index is 15.2. The molecular weight excluding hydrogens is 527 g/mol. The van der Waals surface area contributed by atoms with E-state index in [9.17, 15) is 19.2 Å². The number of methoxy groups -OCH3 is 1. The van der Waals surface area contributed by atoms with Gasteiger partial charge in [0.25, 0.3) is 5.56 Å². The molecule has 1 aromatic heterocycles. The van der Waals surface area contributed by atoms with Gasteiger partial charge in [-0.2, -0.15) is 0 Å². The number of carbonyl (C=O) groups excluding carboxylic acids is 2. The Morgan fingerprint density at radius 3 is 2.17 bits per heavy atom. The van der Waals surface area contributed by atoms with E-state index in [2.05, 4.69) is 9.72 Å². The predicted octanol–water partition coefficient (Wildman–Crippen LogP) is 2.05. The number of benzene rings is 2. The summed E-state index contributed by atoms with van der Waals surface area (Å²) in [5.41, 5.74) is -3.97. The van der Waals surface area contributed by atoms with Crippen LogP contribution in [-0.2, 0) is 46.5 Å². The minimum atomic E-state index is -1.98. The van der Waals surface area contributed by atoms with Crippen molar-refractivity contribution in [3.8, 4) is 0 Å². The van der Waals surface area contributed by atoms with Gasteiger partial charge < -0.3 is 23.7 Å². The Balaban J connectivity index is 1.77. The van der Waals surface area contributed by atoms with Crippen molar-refractivity contribution >= 4 is 11.9 Å². The molecule has 1 saturated heterocycles. The van der Waals surface area contributed by atoms with Crippen LogP contribution in [0.4, 0.5) is 4.39 Å². The fourth-order valence-corrected chi connectivity index (χ4v) is 4.66. The topological polar surface area (TPSA) is 135 Å². The molecule has 1 aliphatic rings. The first kappa shape index (κ1) is 28.9. The first-order chi connectivity index (χ1) is 19.2. The molecule has 0 radical (unpaired) electrons. The van der Waals surface area contributed by atoms with E-state index in [1.807, 2.05) is 36.4 Å². The number of esters is 2. The SMILES string of the molecule is COC(=O)C(=O)O[C@@]1(C)[C@H](OCc2ccccc2)[C@@](CF)(COCc2ccccc2)O[C@H]1n1ccc(=O)[nH]c1=O. The van der Waals surface area contributed by atoms with Gasteiger partial charge in [0.1, 0.15) is 12.8 Å². The van der Waals surface area contributed by atoms with Crippen LogP contribution in [-0.4, -0.2) is 59.2 Å². The third kappa shape index (κ3) is 6.03. The molecule has 3 aromatic rings. The van der Waals surface area contributed by atoms with Crippen LogP contribution in [0.25, 0.3) is 0 Å². The zero-order valence-electron chi connectivity index (χ0n) is 21.9. The van der Waals surface area contributed by atoms with Gasteiger partial charge >= 0.3 is 17.6 Å². The summed E-state index contributed by atoms with van der Waals surface area (Å²) in [4.78, 5) is 51.4. The van der Waals surface area contributed by atoms with Gasteiger partial charge in [0.15, 0.2) is 17.4 Å². The fraction of sp³-hybridized carbons (Fsp3) is 0.357. The Morgan fingerprint density at radius 2 is 1.60 bits per heavy atom. The van der Waals surface area contributed by atoms with Crippen LogP contribution in [0.1, 0.15) is 24.3 Å². The molecule has 0 unspecified atom stereocenters.